The van der Waals surface area contributed by atoms with Gasteiger partial charge in [0.1, 0.15) is 0 Å². The molecule has 3 heteroatoms. The maximum atomic E-state index is 5.92. The van der Waals surface area contributed by atoms with Crippen LogP contribution in [-0.2, 0) is 7.05 Å². The molecule has 1 heterocycles. The second kappa shape index (κ2) is 3.09. The summed E-state index contributed by atoms with van der Waals surface area (Å²) in [5.74, 6) is 0.539. The Balaban J connectivity index is 2.30. The van der Waals surface area contributed by atoms with Gasteiger partial charge in [0.2, 0.25) is 0 Å². The molecular weight excluding hydrogens is 252 g/mol. The molecule has 0 amide bonds. The fourth-order valence-electron chi connectivity index (χ4n) is 2.31. The smallest absolute Gasteiger partial charge is 0.0491 e. The molecule has 0 spiro atoms. The van der Waals surface area contributed by atoms with Crippen molar-refractivity contribution in [1.82, 2.24) is 4.57 Å². The van der Waals surface area contributed by atoms with Gasteiger partial charge in [-0.2, -0.15) is 0 Å². The lowest BCUT2D eigenvalue weighted by molar-refractivity contribution is 0.831. The van der Waals surface area contributed by atoms with E-state index in [2.05, 4.69) is 51.8 Å². The Bertz CT molecular complexity index is 491. The van der Waals surface area contributed by atoms with Crippen molar-refractivity contribution in [2.75, 3.05) is 0 Å². The van der Waals surface area contributed by atoms with Gasteiger partial charge in [0.05, 0.1) is 0 Å². The molecule has 0 unspecified atom stereocenters. The van der Waals surface area contributed by atoms with Crippen LogP contribution in [0.15, 0.2) is 28.7 Å². The summed E-state index contributed by atoms with van der Waals surface area (Å²) in [6.07, 6.45) is 1.11. The number of aryl methyl sites for hydroxylation is 1. The van der Waals surface area contributed by atoms with Crippen molar-refractivity contribution in [2.24, 2.45) is 12.8 Å². The molecule has 1 aromatic heterocycles. The molecule has 2 N–H and O–H groups in total. The van der Waals surface area contributed by atoms with Crippen molar-refractivity contribution in [3.8, 4) is 0 Å². The van der Waals surface area contributed by atoms with Crippen LogP contribution in [0, 0.1) is 0 Å². The van der Waals surface area contributed by atoms with E-state index in [0.29, 0.717) is 12.0 Å². The van der Waals surface area contributed by atoms with Crippen LogP contribution in [0.1, 0.15) is 18.0 Å². The minimum Gasteiger partial charge on any atom is -0.346 e. The predicted molar refractivity (Wildman–Crippen MR) is 66.0 cm³/mol. The standard InChI is InChI=1S/C12H13BrN2/c1-15-10-5-3-2-4-7(10)11(13)12(15)8-6-9(8)14/h2-5,8-9H,6,14H2,1H3/t8-,9-/m1/s1. The van der Waals surface area contributed by atoms with Gasteiger partial charge in [0, 0.05) is 40.1 Å². The molecule has 2 aromatic rings. The van der Waals surface area contributed by atoms with Crippen molar-refractivity contribution in [3.05, 3.63) is 34.4 Å². The number of para-hydroxylation sites is 1. The van der Waals surface area contributed by atoms with Gasteiger partial charge in [0.15, 0.2) is 0 Å². The summed E-state index contributed by atoms with van der Waals surface area (Å²) in [7, 11) is 2.12. The van der Waals surface area contributed by atoms with Crippen LogP contribution in [0.5, 0.6) is 0 Å². The number of fused-ring (bicyclic) bond motifs is 1. The molecule has 78 valence electrons. The highest BCUT2D eigenvalue weighted by atomic mass is 79.9. The van der Waals surface area contributed by atoms with E-state index in [1.807, 2.05) is 0 Å². The van der Waals surface area contributed by atoms with Gasteiger partial charge in [-0.15, -0.1) is 0 Å². The molecule has 0 aliphatic heterocycles. The first-order chi connectivity index (χ1) is 7.20. The van der Waals surface area contributed by atoms with E-state index in [1.54, 1.807) is 0 Å². The number of aromatic nitrogens is 1. The summed E-state index contributed by atoms with van der Waals surface area (Å²) in [4.78, 5) is 0. The van der Waals surface area contributed by atoms with Crippen LogP contribution < -0.4 is 5.73 Å². The summed E-state index contributed by atoms with van der Waals surface area (Å²) >= 11 is 3.69. The van der Waals surface area contributed by atoms with Gasteiger partial charge in [-0.1, -0.05) is 18.2 Å². The first-order valence-corrected chi connectivity index (χ1v) is 5.98. The topological polar surface area (TPSA) is 30.9 Å². The Hall–Kier alpha value is -0.800. The lowest BCUT2D eigenvalue weighted by Crippen LogP contribution is -2.04. The first kappa shape index (κ1) is 9.43. The molecule has 0 saturated heterocycles. The van der Waals surface area contributed by atoms with E-state index >= 15 is 0 Å². The zero-order valence-corrected chi connectivity index (χ0v) is 10.2. The van der Waals surface area contributed by atoms with Gasteiger partial charge in [-0.25, -0.2) is 0 Å². The quantitative estimate of drug-likeness (QED) is 0.844. The number of rotatable bonds is 1. The molecule has 1 fully saturated rings. The van der Waals surface area contributed by atoms with Crippen LogP contribution in [0.3, 0.4) is 0 Å². The molecule has 15 heavy (non-hydrogen) atoms. The minimum atomic E-state index is 0.351. The van der Waals surface area contributed by atoms with Crippen molar-refractivity contribution in [3.63, 3.8) is 0 Å². The van der Waals surface area contributed by atoms with Gasteiger partial charge in [0.25, 0.3) is 0 Å². The van der Waals surface area contributed by atoms with Crippen molar-refractivity contribution in [2.45, 2.75) is 18.4 Å². The highest BCUT2D eigenvalue weighted by molar-refractivity contribution is 9.10. The van der Waals surface area contributed by atoms with E-state index in [0.717, 1.165) is 6.42 Å². The van der Waals surface area contributed by atoms with Crippen molar-refractivity contribution >= 4 is 26.8 Å². The maximum Gasteiger partial charge on any atom is 0.0491 e. The number of halogens is 1. The monoisotopic (exact) mass is 264 g/mol. The third-order valence-corrected chi connectivity index (χ3v) is 4.11. The second-order valence-corrected chi connectivity index (χ2v) is 5.07. The van der Waals surface area contributed by atoms with E-state index in [-0.39, 0.29) is 0 Å². The summed E-state index contributed by atoms with van der Waals surface area (Å²) < 4.78 is 3.48. The van der Waals surface area contributed by atoms with Crippen molar-refractivity contribution in [1.29, 1.82) is 0 Å². The molecule has 2 nitrogen and oxygen atoms in total. The number of nitrogens with zero attached hydrogens (tertiary/aromatic N) is 1. The molecule has 1 aliphatic rings. The maximum absolute atomic E-state index is 5.92. The Kier molecular flexibility index (Phi) is 1.94. The van der Waals surface area contributed by atoms with Gasteiger partial charge in [-0.05, 0) is 28.4 Å². The second-order valence-electron chi connectivity index (χ2n) is 4.28. The average molecular weight is 265 g/mol. The van der Waals surface area contributed by atoms with E-state index in [9.17, 15) is 0 Å². The number of nitrogens with two attached hydrogens (primary N) is 1. The largest absolute Gasteiger partial charge is 0.346 e. The van der Waals surface area contributed by atoms with Crippen LogP contribution >= 0.6 is 15.9 Å². The summed E-state index contributed by atoms with van der Waals surface area (Å²) in [6, 6.07) is 8.80. The fourth-order valence-corrected chi connectivity index (χ4v) is 3.20. The molecule has 3 rings (SSSR count). The number of hydrogen-bond donors (Lipinski definition) is 1. The zero-order valence-electron chi connectivity index (χ0n) is 8.57. The molecular formula is C12H13BrN2. The molecule has 1 saturated carbocycles. The fraction of sp³-hybridized carbons (Fsp3) is 0.333. The summed E-state index contributed by atoms with van der Waals surface area (Å²) in [5, 5.41) is 1.29. The average Bonchev–Trinajstić information content (AvgIpc) is 2.89. The SMILES string of the molecule is Cn1c([C@@H]2C[C@H]2N)c(Br)c2ccccc21. The predicted octanol–water partition coefficient (Wildman–Crippen LogP) is 2.76. The van der Waals surface area contributed by atoms with Gasteiger partial charge >= 0.3 is 0 Å². The van der Waals surface area contributed by atoms with Crippen molar-refractivity contribution < 1.29 is 0 Å². The van der Waals surface area contributed by atoms with Crippen LogP contribution in [0.2, 0.25) is 0 Å². The van der Waals surface area contributed by atoms with E-state index in [1.165, 1.54) is 21.1 Å². The van der Waals surface area contributed by atoms with Crippen LogP contribution in [-0.4, -0.2) is 10.6 Å². The first-order valence-electron chi connectivity index (χ1n) is 5.18. The summed E-state index contributed by atoms with van der Waals surface area (Å²) in [6.45, 7) is 0. The Morgan fingerprint density at radius 3 is 2.67 bits per heavy atom. The highest BCUT2D eigenvalue weighted by Crippen LogP contribution is 2.45. The van der Waals surface area contributed by atoms with Gasteiger partial charge in [-0.3, -0.25) is 0 Å². The number of hydrogen-bond acceptors (Lipinski definition) is 1. The lowest BCUT2D eigenvalue weighted by atomic mass is 10.2. The highest BCUT2D eigenvalue weighted by Gasteiger charge is 2.38. The molecule has 0 radical (unpaired) electrons. The van der Waals surface area contributed by atoms with E-state index < -0.39 is 0 Å². The molecule has 1 aromatic carbocycles. The van der Waals surface area contributed by atoms with Gasteiger partial charge < -0.3 is 10.3 Å². The zero-order chi connectivity index (χ0) is 10.6. The van der Waals surface area contributed by atoms with Crippen LogP contribution in [0.4, 0.5) is 0 Å². The number of benzene rings is 1. The molecule has 1 aliphatic carbocycles. The Morgan fingerprint density at radius 1 is 1.40 bits per heavy atom. The Labute approximate surface area is 97.2 Å². The molecule has 0 bridgehead atoms. The third kappa shape index (κ3) is 1.26. The Morgan fingerprint density at radius 2 is 2.07 bits per heavy atom. The summed E-state index contributed by atoms with van der Waals surface area (Å²) in [5.41, 5.74) is 8.55. The molecule has 2 atom stereocenters. The third-order valence-electron chi connectivity index (χ3n) is 3.28. The van der Waals surface area contributed by atoms with Crippen LogP contribution in [0.25, 0.3) is 10.9 Å². The lowest BCUT2D eigenvalue weighted by Gasteiger charge is -2.02. The normalized spacial score (nSPS) is 24.7. The van der Waals surface area contributed by atoms with E-state index in [4.69, 9.17) is 5.73 Å². The minimum absolute atomic E-state index is 0.351.